The Kier molecular flexibility index (Phi) is 5.30. The number of hydrogen-bond donors (Lipinski definition) is 1. The summed E-state index contributed by atoms with van der Waals surface area (Å²) >= 11 is 0. The molecule has 1 amide bonds. The first-order valence-electron chi connectivity index (χ1n) is 8.16. The third kappa shape index (κ3) is 4.11. The molecule has 0 aliphatic heterocycles. The van der Waals surface area contributed by atoms with Crippen LogP contribution in [0.3, 0.4) is 0 Å². The molecule has 3 aromatic rings. The van der Waals surface area contributed by atoms with E-state index in [9.17, 15) is 24.1 Å². The summed E-state index contributed by atoms with van der Waals surface area (Å²) in [5, 5.41) is 12.9. The van der Waals surface area contributed by atoms with E-state index in [0.29, 0.717) is 5.82 Å². The van der Waals surface area contributed by atoms with E-state index in [1.54, 1.807) is 17.6 Å². The third-order valence-electron chi connectivity index (χ3n) is 3.93. The summed E-state index contributed by atoms with van der Waals surface area (Å²) in [4.78, 5) is 38.3. The number of amides is 1. The largest absolute Gasteiger partial charge is 0.454 e. The molecule has 0 saturated carbocycles. The van der Waals surface area contributed by atoms with Crippen LogP contribution in [0.5, 0.6) is 0 Å². The molecular formula is C18H15FN4O5. The lowest BCUT2D eigenvalue weighted by molar-refractivity contribution is -0.384. The molecule has 1 aromatic heterocycles. The summed E-state index contributed by atoms with van der Waals surface area (Å²) in [6, 6.07) is 9.98. The Morgan fingerprint density at radius 3 is 2.79 bits per heavy atom. The fraction of sp³-hybridized carbons (Fsp3) is 0.167. The number of esters is 1. The number of para-hydroxylation sites is 2. The maximum absolute atomic E-state index is 13.7. The SMILES string of the molecule is Cc1nc2ccccc2n1CC(=O)OCC(=O)Nc1cc([N+](=O)[O-])ccc1F. The van der Waals surface area contributed by atoms with Crippen molar-refractivity contribution in [2.24, 2.45) is 0 Å². The number of nitro groups is 1. The van der Waals surface area contributed by atoms with Crippen molar-refractivity contribution >= 4 is 34.3 Å². The molecule has 10 heteroatoms. The van der Waals surface area contributed by atoms with Gasteiger partial charge in [-0.25, -0.2) is 9.37 Å². The van der Waals surface area contributed by atoms with Crippen LogP contribution in [-0.2, 0) is 20.9 Å². The molecule has 9 nitrogen and oxygen atoms in total. The Morgan fingerprint density at radius 2 is 2.04 bits per heavy atom. The summed E-state index contributed by atoms with van der Waals surface area (Å²) in [5.41, 5.74) is 0.731. The van der Waals surface area contributed by atoms with Crippen molar-refractivity contribution in [1.82, 2.24) is 9.55 Å². The quantitative estimate of drug-likeness (QED) is 0.395. The van der Waals surface area contributed by atoms with Crippen LogP contribution in [0.1, 0.15) is 5.82 Å². The van der Waals surface area contributed by atoms with Crippen molar-refractivity contribution in [2.45, 2.75) is 13.5 Å². The van der Waals surface area contributed by atoms with E-state index >= 15 is 0 Å². The van der Waals surface area contributed by atoms with Crippen LogP contribution in [0.15, 0.2) is 42.5 Å². The first-order valence-corrected chi connectivity index (χ1v) is 8.16. The molecule has 0 fully saturated rings. The smallest absolute Gasteiger partial charge is 0.326 e. The van der Waals surface area contributed by atoms with E-state index < -0.39 is 29.2 Å². The molecule has 0 aliphatic carbocycles. The van der Waals surface area contributed by atoms with Crippen molar-refractivity contribution < 1.29 is 23.6 Å². The third-order valence-corrected chi connectivity index (χ3v) is 3.93. The van der Waals surface area contributed by atoms with Crippen LogP contribution >= 0.6 is 0 Å². The molecule has 0 aliphatic rings. The van der Waals surface area contributed by atoms with Crippen LogP contribution in [-0.4, -0.2) is 33.0 Å². The summed E-state index contributed by atoms with van der Waals surface area (Å²) < 4.78 is 20.2. The lowest BCUT2D eigenvalue weighted by atomic mass is 10.2. The topological polar surface area (TPSA) is 116 Å². The number of carbonyl (C=O) groups is 2. The Hall–Kier alpha value is -3.82. The molecule has 0 spiro atoms. The number of nitro benzene ring substituents is 1. The van der Waals surface area contributed by atoms with Crippen LogP contribution < -0.4 is 5.32 Å². The lowest BCUT2D eigenvalue weighted by Crippen LogP contribution is -2.23. The predicted octanol–water partition coefficient (Wildman–Crippen LogP) is 2.57. The second-order valence-corrected chi connectivity index (χ2v) is 5.86. The number of rotatable bonds is 6. The van der Waals surface area contributed by atoms with E-state index in [4.69, 9.17) is 4.74 Å². The number of benzene rings is 2. The number of ether oxygens (including phenoxy) is 1. The number of imidazole rings is 1. The Balaban J connectivity index is 1.60. The minimum absolute atomic E-state index is 0.148. The first-order chi connectivity index (χ1) is 13.3. The normalized spacial score (nSPS) is 10.6. The van der Waals surface area contributed by atoms with Crippen molar-refractivity contribution in [2.75, 3.05) is 11.9 Å². The fourth-order valence-electron chi connectivity index (χ4n) is 2.63. The Bertz CT molecular complexity index is 1080. The summed E-state index contributed by atoms with van der Waals surface area (Å²) in [6.45, 7) is 0.933. The molecule has 0 saturated heterocycles. The molecule has 1 N–H and O–H groups in total. The molecule has 1 heterocycles. The number of anilines is 1. The number of fused-ring (bicyclic) bond motifs is 1. The van der Waals surface area contributed by atoms with Crippen molar-refractivity contribution in [3.05, 3.63) is 64.2 Å². The molecule has 0 atom stereocenters. The number of nitrogens with zero attached hydrogens (tertiary/aromatic N) is 3. The van der Waals surface area contributed by atoms with Crippen LogP contribution in [0.4, 0.5) is 15.8 Å². The zero-order valence-corrected chi connectivity index (χ0v) is 14.7. The molecule has 2 aromatic carbocycles. The maximum Gasteiger partial charge on any atom is 0.326 e. The number of nitrogens with one attached hydrogen (secondary N) is 1. The highest BCUT2D eigenvalue weighted by molar-refractivity contribution is 5.93. The molecule has 144 valence electrons. The fourth-order valence-corrected chi connectivity index (χ4v) is 2.63. The van der Waals surface area contributed by atoms with Gasteiger partial charge in [0.15, 0.2) is 6.61 Å². The first kappa shape index (κ1) is 19.0. The second kappa shape index (κ2) is 7.82. The van der Waals surface area contributed by atoms with Crippen molar-refractivity contribution in [3.63, 3.8) is 0 Å². The van der Waals surface area contributed by atoms with E-state index in [-0.39, 0.29) is 17.9 Å². The van der Waals surface area contributed by atoms with Gasteiger partial charge in [0.25, 0.3) is 11.6 Å². The number of hydrogen-bond acceptors (Lipinski definition) is 6. The highest BCUT2D eigenvalue weighted by Crippen LogP contribution is 2.21. The van der Waals surface area contributed by atoms with Gasteiger partial charge in [0.2, 0.25) is 0 Å². The average Bonchev–Trinajstić information content (AvgIpc) is 2.97. The minimum Gasteiger partial charge on any atom is -0.454 e. The highest BCUT2D eigenvalue weighted by atomic mass is 19.1. The van der Waals surface area contributed by atoms with Crippen LogP contribution in [0.2, 0.25) is 0 Å². The van der Waals surface area contributed by atoms with Crippen molar-refractivity contribution in [3.8, 4) is 0 Å². The average molecular weight is 386 g/mol. The number of aromatic nitrogens is 2. The van der Waals surface area contributed by atoms with Gasteiger partial charge in [-0.2, -0.15) is 0 Å². The minimum atomic E-state index is -0.842. The van der Waals surface area contributed by atoms with Gasteiger partial charge in [-0.15, -0.1) is 0 Å². The predicted molar refractivity (Wildman–Crippen MR) is 97.1 cm³/mol. The Morgan fingerprint density at radius 1 is 1.29 bits per heavy atom. The van der Waals surface area contributed by atoms with Crippen LogP contribution in [0.25, 0.3) is 11.0 Å². The number of non-ortho nitro benzene ring substituents is 1. The van der Waals surface area contributed by atoms with E-state index in [1.165, 1.54) is 0 Å². The zero-order valence-electron chi connectivity index (χ0n) is 14.7. The molecule has 3 rings (SSSR count). The Labute approximate surface area is 157 Å². The molecule has 28 heavy (non-hydrogen) atoms. The van der Waals surface area contributed by atoms with E-state index in [2.05, 4.69) is 10.3 Å². The van der Waals surface area contributed by atoms with Gasteiger partial charge in [-0.3, -0.25) is 19.7 Å². The summed E-state index contributed by atoms with van der Waals surface area (Å²) in [6.07, 6.45) is 0. The maximum atomic E-state index is 13.7. The summed E-state index contributed by atoms with van der Waals surface area (Å²) in [7, 11) is 0. The molecule has 0 bridgehead atoms. The zero-order chi connectivity index (χ0) is 20.3. The van der Waals surface area contributed by atoms with Crippen molar-refractivity contribution in [1.29, 1.82) is 0 Å². The van der Waals surface area contributed by atoms with Gasteiger partial charge in [0.1, 0.15) is 18.2 Å². The van der Waals surface area contributed by atoms with Gasteiger partial charge >= 0.3 is 5.97 Å². The van der Waals surface area contributed by atoms with Gasteiger partial charge < -0.3 is 14.6 Å². The van der Waals surface area contributed by atoms with Gasteiger partial charge in [0.05, 0.1) is 21.6 Å². The standard InChI is InChI=1S/C18H15FN4O5/c1-11-20-14-4-2-3-5-16(14)22(11)9-18(25)28-10-17(24)21-15-8-12(23(26)27)6-7-13(15)19/h2-8H,9-10H2,1H3,(H,21,24). The van der Waals surface area contributed by atoms with Gasteiger partial charge in [-0.05, 0) is 25.1 Å². The van der Waals surface area contributed by atoms with Crippen LogP contribution in [0, 0.1) is 22.9 Å². The monoisotopic (exact) mass is 386 g/mol. The highest BCUT2D eigenvalue weighted by Gasteiger charge is 2.16. The number of carbonyl (C=O) groups excluding carboxylic acids is 2. The lowest BCUT2D eigenvalue weighted by Gasteiger charge is -2.09. The molecule has 0 radical (unpaired) electrons. The van der Waals surface area contributed by atoms with Gasteiger partial charge in [-0.1, -0.05) is 12.1 Å². The molecular weight excluding hydrogens is 371 g/mol. The number of halogens is 1. The van der Waals surface area contributed by atoms with E-state index in [1.807, 2.05) is 18.2 Å². The molecule has 0 unspecified atom stereocenters. The van der Waals surface area contributed by atoms with Gasteiger partial charge in [0, 0.05) is 12.1 Å². The number of aryl methyl sites for hydroxylation is 1. The van der Waals surface area contributed by atoms with E-state index in [0.717, 1.165) is 29.2 Å². The second-order valence-electron chi connectivity index (χ2n) is 5.86. The summed E-state index contributed by atoms with van der Waals surface area (Å²) in [5.74, 6) is -1.73.